The minimum Gasteiger partial charge on any atom is -0.453 e. The van der Waals surface area contributed by atoms with Crippen molar-refractivity contribution >= 4 is 56.2 Å². The van der Waals surface area contributed by atoms with E-state index in [4.69, 9.17) is 29.4 Å². The highest BCUT2D eigenvalue weighted by atomic mass is 16.5. The Bertz CT molecular complexity index is 1900. The monoisotopic (exact) mass is 544 g/mol. The van der Waals surface area contributed by atoms with Gasteiger partial charge in [-0.05, 0) is 48.5 Å². The van der Waals surface area contributed by atoms with E-state index in [0.717, 1.165) is 57.1 Å². The van der Waals surface area contributed by atoms with Crippen molar-refractivity contribution in [2.24, 2.45) is 0 Å². The van der Waals surface area contributed by atoms with Crippen LogP contribution in [0.1, 0.15) is 0 Å². The maximum absolute atomic E-state index is 6.31. The summed E-state index contributed by atoms with van der Waals surface area (Å²) < 4.78 is 12.6. The Morgan fingerprint density at radius 2 is 0.619 bits per heavy atom. The molecule has 2 aromatic heterocycles. The normalized spacial score (nSPS) is 13.0. The number of ether oxygens (including phenoxy) is 2. The smallest absolute Gasteiger partial charge is 0.151 e. The summed E-state index contributed by atoms with van der Waals surface area (Å²) in [4.78, 5) is 24.1. The van der Waals surface area contributed by atoms with Gasteiger partial charge >= 0.3 is 0 Å². The molecule has 7 aromatic rings. The predicted molar refractivity (Wildman–Crippen MR) is 162 cm³/mol. The van der Waals surface area contributed by atoms with Crippen LogP contribution in [-0.2, 0) is 0 Å². The van der Waals surface area contributed by atoms with Crippen molar-refractivity contribution in [3.8, 4) is 23.0 Å². The van der Waals surface area contributed by atoms with Gasteiger partial charge in [-0.3, -0.25) is 29.7 Å². The maximum atomic E-state index is 6.31. The summed E-state index contributed by atoms with van der Waals surface area (Å²) in [5.41, 5.74) is 7.83. The molecule has 2 aliphatic heterocycles. The fraction of sp³-hybridized carbons (Fsp3) is 0. The van der Waals surface area contributed by atoms with E-state index in [1.807, 2.05) is 97.1 Å². The van der Waals surface area contributed by atoms with E-state index in [9.17, 15) is 0 Å². The van der Waals surface area contributed by atoms with Crippen LogP contribution in [0.2, 0.25) is 0 Å². The van der Waals surface area contributed by atoms with Gasteiger partial charge in [0.25, 0.3) is 0 Å². The molecule has 0 fully saturated rings. The molecule has 8 heteroatoms. The SMILES string of the molecule is c1ccc2c(c1)Oc1ccccc1N2c1c2nccnc2c(N2c3ccccc3Oc3ccccc32)c2nccnc12. The summed E-state index contributed by atoms with van der Waals surface area (Å²) >= 11 is 0. The van der Waals surface area contributed by atoms with Crippen LogP contribution in [0.3, 0.4) is 0 Å². The number of fused-ring (bicyclic) bond motifs is 6. The van der Waals surface area contributed by atoms with Crippen LogP contribution in [-0.4, -0.2) is 19.9 Å². The summed E-state index contributed by atoms with van der Waals surface area (Å²) in [6, 6.07) is 31.9. The molecule has 0 radical (unpaired) electrons. The van der Waals surface area contributed by atoms with Crippen LogP contribution in [0.5, 0.6) is 23.0 Å². The fourth-order valence-electron chi connectivity index (χ4n) is 5.91. The number of nitrogens with zero attached hydrogens (tertiary/aromatic N) is 6. The Morgan fingerprint density at radius 1 is 0.357 bits per heavy atom. The zero-order valence-corrected chi connectivity index (χ0v) is 22.0. The van der Waals surface area contributed by atoms with Crippen molar-refractivity contribution in [2.75, 3.05) is 9.80 Å². The van der Waals surface area contributed by atoms with Gasteiger partial charge in [-0.25, -0.2) is 0 Å². The Balaban J connectivity index is 1.43. The van der Waals surface area contributed by atoms with E-state index in [0.29, 0.717) is 22.1 Å². The third-order valence-corrected chi connectivity index (χ3v) is 7.61. The van der Waals surface area contributed by atoms with Crippen LogP contribution in [0, 0.1) is 0 Å². The molecule has 0 N–H and O–H groups in total. The van der Waals surface area contributed by atoms with E-state index in [1.165, 1.54) is 0 Å². The highest BCUT2D eigenvalue weighted by Crippen LogP contribution is 2.57. The molecule has 5 aromatic carbocycles. The second-order valence-corrected chi connectivity index (χ2v) is 9.95. The third-order valence-electron chi connectivity index (χ3n) is 7.61. The first-order valence-electron chi connectivity index (χ1n) is 13.6. The maximum Gasteiger partial charge on any atom is 0.151 e. The molecule has 0 saturated heterocycles. The fourth-order valence-corrected chi connectivity index (χ4v) is 5.91. The van der Waals surface area contributed by atoms with Crippen LogP contribution in [0.4, 0.5) is 34.1 Å². The molecule has 8 nitrogen and oxygen atoms in total. The zero-order valence-electron chi connectivity index (χ0n) is 22.0. The first kappa shape index (κ1) is 22.8. The molecule has 0 bridgehead atoms. The molecule has 2 aliphatic rings. The number of rotatable bonds is 2. The lowest BCUT2D eigenvalue weighted by Gasteiger charge is -2.36. The van der Waals surface area contributed by atoms with Crippen molar-refractivity contribution in [2.45, 2.75) is 0 Å². The van der Waals surface area contributed by atoms with Crippen LogP contribution >= 0.6 is 0 Å². The highest BCUT2D eigenvalue weighted by molar-refractivity contribution is 6.19. The Labute approximate surface area is 240 Å². The average Bonchev–Trinajstić information content (AvgIpc) is 3.05. The van der Waals surface area contributed by atoms with E-state index < -0.39 is 0 Å². The lowest BCUT2D eigenvalue weighted by molar-refractivity contribution is 0.477. The second kappa shape index (κ2) is 8.74. The number of aromatic nitrogens is 4. The predicted octanol–water partition coefficient (Wildman–Crippen LogP) is 8.72. The summed E-state index contributed by atoms with van der Waals surface area (Å²) in [7, 11) is 0. The van der Waals surface area contributed by atoms with Gasteiger partial charge in [0.1, 0.15) is 33.4 Å². The Morgan fingerprint density at radius 3 is 0.905 bits per heavy atom. The van der Waals surface area contributed by atoms with E-state index in [2.05, 4.69) is 9.80 Å². The van der Waals surface area contributed by atoms with Gasteiger partial charge in [-0.1, -0.05) is 48.5 Å². The number of hydrogen-bond donors (Lipinski definition) is 0. The molecule has 9 rings (SSSR count). The first-order chi connectivity index (χ1) is 20.9. The lowest BCUT2D eigenvalue weighted by Crippen LogP contribution is -2.20. The molecule has 0 atom stereocenters. The molecule has 0 spiro atoms. The van der Waals surface area contributed by atoms with Gasteiger partial charge in [0.05, 0.1) is 22.7 Å². The standard InChI is InChI=1S/C34H20N6O2/c1-5-13-25-21(9-1)39(22-10-2-6-14-26(22)41-25)33-29-31(37-19-17-35-29)34(32-30(33)36-18-20-38-32)40-23-11-3-7-15-27(23)42-28-16-8-4-12-24(28)40/h1-20H. The van der Waals surface area contributed by atoms with Gasteiger partial charge in [0.2, 0.25) is 0 Å². The first-order valence-corrected chi connectivity index (χ1v) is 13.6. The minimum absolute atomic E-state index is 0.688. The minimum atomic E-state index is 0.688. The van der Waals surface area contributed by atoms with Gasteiger partial charge in [0.15, 0.2) is 23.0 Å². The molecule has 0 amide bonds. The Hall–Kier alpha value is -6.02. The molecule has 4 heterocycles. The van der Waals surface area contributed by atoms with Crippen molar-refractivity contribution < 1.29 is 9.47 Å². The molecular weight excluding hydrogens is 524 g/mol. The number of anilines is 6. The quantitative estimate of drug-likeness (QED) is 0.200. The van der Waals surface area contributed by atoms with Crippen molar-refractivity contribution in [1.29, 1.82) is 0 Å². The molecule has 0 aliphatic carbocycles. The largest absolute Gasteiger partial charge is 0.453 e. The summed E-state index contributed by atoms with van der Waals surface area (Å²) in [6.45, 7) is 0. The third kappa shape index (κ3) is 3.17. The zero-order chi connectivity index (χ0) is 27.6. The Kier molecular flexibility index (Phi) is 4.74. The van der Waals surface area contributed by atoms with Crippen LogP contribution < -0.4 is 19.3 Å². The molecule has 42 heavy (non-hydrogen) atoms. The molecule has 198 valence electrons. The summed E-state index contributed by atoms with van der Waals surface area (Å²) in [5, 5.41) is 0. The number of para-hydroxylation sites is 8. The van der Waals surface area contributed by atoms with Crippen molar-refractivity contribution in [1.82, 2.24) is 19.9 Å². The number of hydrogen-bond acceptors (Lipinski definition) is 8. The molecular formula is C34H20N6O2. The van der Waals surface area contributed by atoms with Gasteiger partial charge in [-0.15, -0.1) is 0 Å². The second-order valence-electron chi connectivity index (χ2n) is 9.95. The van der Waals surface area contributed by atoms with Gasteiger partial charge in [-0.2, -0.15) is 0 Å². The van der Waals surface area contributed by atoms with E-state index in [1.54, 1.807) is 24.8 Å². The topological polar surface area (TPSA) is 76.5 Å². The van der Waals surface area contributed by atoms with Gasteiger partial charge < -0.3 is 9.47 Å². The lowest BCUT2D eigenvalue weighted by atomic mass is 10.0. The van der Waals surface area contributed by atoms with Crippen molar-refractivity contribution in [3.63, 3.8) is 0 Å². The van der Waals surface area contributed by atoms with Gasteiger partial charge in [0, 0.05) is 24.8 Å². The van der Waals surface area contributed by atoms with Crippen LogP contribution in [0.15, 0.2) is 122 Å². The molecule has 0 unspecified atom stereocenters. The summed E-state index contributed by atoms with van der Waals surface area (Å²) in [6.07, 6.45) is 6.88. The van der Waals surface area contributed by atoms with E-state index in [-0.39, 0.29) is 0 Å². The average molecular weight is 545 g/mol. The van der Waals surface area contributed by atoms with Crippen LogP contribution in [0.25, 0.3) is 22.1 Å². The number of benzene rings is 5. The summed E-state index contributed by atoms with van der Waals surface area (Å²) in [5.74, 6) is 2.96. The van der Waals surface area contributed by atoms with Crippen molar-refractivity contribution in [3.05, 3.63) is 122 Å². The highest BCUT2D eigenvalue weighted by Gasteiger charge is 2.34. The molecule has 0 saturated carbocycles. The van der Waals surface area contributed by atoms with E-state index >= 15 is 0 Å².